The van der Waals surface area contributed by atoms with Crippen LogP contribution < -0.4 is 4.74 Å². The Bertz CT molecular complexity index is 1180. The fourth-order valence-electron chi connectivity index (χ4n) is 4.98. The minimum absolute atomic E-state index is 0.0248. The van der Waals surface area contributed by atoms with Crippen molar-refractivity contribution in [3.8, 4) is 11.4 Å². The summed E-state index contributed by atoms with van der Waals surface area (Å²) >= 11 is 8.24. The first-order chi connectivity index (χ1) is 15.5. The molecule has 1 aromatic carbocycles. The van der Waals surface area contributed by atoms with Gasteiger partial charge in [-0.05, 0) is 62.2 Å². The van der Waals surface area contributed by atoms with E-state index in [2.05, 4.69) is 47.4 Å². The molecule has 0 unspecified atom stereocenters. The zero-order valence-corrected chi connectivity index (χ0v) is 20.3. The highest BCUT2D eigenvalue weighted by atomic mass is 35.5. The van der Waals surface area contributed by atoms with E-state index in [1.807, 2.05) is 48.3 Å². The number of aliphatic imine (C=N–C) groups is 1. The van der Waals surface area contributed by atoms with Crippen LogP contribution in [-0.2, 0) is 0 Å². The Kier molecular flexibility index (Phi) is 5.68. The number of aryl methyl sites for hydroxylation is 1. The van der Waals surface area contributed by atoms with E-state index in [-0.39, 0.29) is 12.1 Å². The highest BCUT2D eigenvalue weighted by Gasteiger charge is 2.46. The SMILES string of the molecule is CC[C@@H]1CSC2=N[C@H](c3ccccn3)[C@@H](c3cc(C)n(-c4cc(Cl)ccc4OC)c3C)N21. The number of hydrogen-bond acceptors (Lipinski definition) is 5. The lowest BCUT2D eigenvalue weighted by molar-refractivity contribution is 0.254. The molecule has 0 saturated carbocycles. The Balaban J connectivity index is 1.66. The highest BCUT2D eigenvalue weighted by Crippen LogP contribution is 2.50. The van der Waals surface area contributed by atoms with E-state index in [1.165, 1.54) is 11.3 Å². The first-order valence-corrected chi connectivity index (χ1v) is 12.3. The summed E-state index contributed by atoms with van der Waals surface area (Å²) in [6.45, 7) is 6.58. The second-order valence-corrected chi connectivity index (χ2v) is 9.74. The molecule has 7 heteroatoms. The van der Waals surface area contributed by atoms with Crippen LogP contribution in [0.3, 0.4) is 0 Å². The molecule has 2 aliphatic rings. The Morgan fingerprint density at radius 2 is 2.03 bits per heavy atom. The average Bonchev–Trinajstić information content (AvgIpc) is 3.45. The molecule has 0 bridgehead atoms. The summed E-state index contributed by atoms with van der Waals surface area (Å²) in [5.74, 6) is 1.89. The van der Waals surface area contributed by atoms with E-state index in [1.54, 1.807) is 7.11 Å². The summed E-state index contributed by atoms with van der Waals surface area (Å²) in [6, 6.07) is 14.7. The maximum absolute atomic E-state index is 6.37. The molecule has 0 aliphatic carbocycles. The van der Waals surface area contributed by atoms with Gasteiger partial charge in [0.1, 0.15) is 11.8 Å². The number of ether oxygens (including phenoxy) is 1. The lowest BCUT2D eigenvalue weighted by atomic mass is 9.95. The highest BCUT2D eigenvalue weighted by molar-refractivity contribution is 8.14. The third-order valence-electron chi connectivity index (χ3n) is 6.50. The number of thioether (sulfide) groups is 1. The molecule has 1 fully saturated rings. The van der Waals surface area contributed by atoms with E-state index >= 15 is 0 Å². The predicted molar refractivity (Wildman–Crippen MR) is 132 cm³/mol. The number of halogens is 1. The van der Waals surface area contributed by atoms with Gasteiger partial charge in [-0.3, -0.25) is 9.98 Å². The van der Waals surface area contributed by atoms with Crippen molar-refractivity contribution in [2.24, 2.45) is 4.99 Å². The van der Waals surface area contributed by atoms with Gasteiger partial charge in [-0.25, -0.2) is 0 Å². The van der Waals surface area contributed by atoms with E-state index in [4.69, 9.17) is 21.3 Å². The quantitative estimate of drug-likeness (QED) is 0.453. The number of nitrogens with zero attached hydrogens (tertiary/aromatic N) is 4. The fourth-order valence-corrected chi connectivity index (χ4v) is 6.49. The molecule has 32 heavy (non-hydrogen) atoms. The Morgan fingerprint density at radius 3 is 2.75 bits per heavy atom. The number of aromatic nitrogens is 2. The third-order valence-corrected chi connectivity index (χ3v) is 7.86. The summed E-state index contributed by atoms with van der Waals surface area (Å²) in [7, 11) is 1.70. The number of hydrogen-bond donors (Lipinski definition) is 0. The Labute approximate surface area is 198 Å². The molecule has 4 heterocycles. The van der Waals surface area contributed by atoms with E-state index in [0.717, 1.165) is 40.2 Å². The minimum atomic E-state index is -0.0248. The van der Waals surface area contributed by atoms with Gasteiger partial charge in [-0.15, -0.1) is 0 Å². The standard InChI is InChI=1S/C25H27ClN4OS/c1-5-18-14-32-25-28-23(20-8-6-7-11-27-20)24(30(18)25)19-12-15(2)29(16(19)3)21-13-17(26)9-10-22(21)31-4/h6-13,18,23-24H,5,14H2,1-4H3/t18-,23-,24-/m1/s1. The second-order valence-electron chi connectivity index (χ2n) is 8.31. The van der Waals surface area contributed by atoms with Crippen LogP contribution in [0.15, 0.2) is 53.7 Å². The molecular formula is C25H27ClN4OS. The van der Waals surface area contributed by atoms with Crippen molar-refractivity contribution in [2.45, 2.75) is 45.3 Å². The maximum Gasteiger partial charge on any atom is 0.160 e. The molecule has 2 aromatic heterocycles. The lowest BCUT2D eigenvalue weighted by Gasteiger charge is -2.32. The lowest BCUT2D eigenvalue weighted by Crippen LogP contribution is -2.35. The minimum Gasteiger partial charge on any atom is -0.495 e. The molecule has 3 aromatic rings. The van der Waals surface area contributed by atoms with Gasteiger partial charge in [0, 0.05) is 34.4 Å². The van der Waals surface area contributed by atoms with Gasteiger partial charge in [0.25, 0.3) is 0 Å². The van der Waals surface area contributed by atoms with Crippen molar-refractivity contribution in [3.05, 3.63) is 76.3 Å². The van der Waals surface area contributed by atoms with E-state index in [9.17, 15) is 0 Å². The van der Waals surface area contributed by atoms with Crippen molar-refractivity contribution >= 4 is 28.5 Å². The first kappa shape index (κ1) is 21.4. The van der Waals surface area contributed by atoms with Crippen LogP contribution >= 0.6 is 23.4 Å². The van der Waals surface area contributed by atoms with Crippen LogP contribution in [-0.4, -0.2) is 38.5 Å². The second kappa shape index (κ2) is 8.49. The summed E-state index contributed by atoms with van der Waals surface area (Å²) in [5.41, 5.74) is 5.57. The van der Waals surface area contributed by atoms with Gasteiger partial charge in [0.05, 0.1) is 24.5 Å². The van der Waals surface area contributed by atoms with Crippen molar-refractivity contribution in [1.29, 1.82) is 0 Å². The normalized spacial score (nSPS) is 22.2. The van der Waals surface area contributed by atoms with Gasteiger partial charge in [0.2, 0.25) is 0 Å². The topological polar surface area (TPSA) is 42.6 Å². The number of fused-ring (bicyclic) bond motifs is 1. The van der Waals surface area contributed by atoms with Gasteiger partial charge in [0.15, 0.2) is 5.17 Å². The monoisotopic (exact) mass is 466 g/mol. The smallest absolute Gasteiger partial charge is 0.160 e. The molecular weight excluding hydrogens is 440 g/mol. The van der Waals surface area contributed by atoms with Crippen LogP contribution in [0.25, 0.3) is 5.69 Å². The van der Waals surface area contributed by atoms with Crippen LogP contribution in [0.2, 0.25) is 5.02 Å². The molecule has 5 nitrogen and oxygen atoms in total. The molecule has 0 N–H and O–H groups in total. The number of rotatable bonds is 5. The molecule has 1 saturated heterocycles. The summed E-state index contributed by atoms with van der Waals surface area (Å²) in [5, 5.41) is 1.83. The van der Waals surface area contributed by atoms with Crippen LogP contribution in [0, 0.1) is 13.8 Å². The average molecular weight is 467 g/mol. The molecule has 0 spiro atoms. The fraction of sp³-hybridized carbons (Fsp3) is 0.360. The predicted octanol–water partition coefficient (Wildman–Crippen LogP) is 6.13. The van der Waals surface area contributed by atoms with Crippen molar-refractivity contribution in [1.82, 2.24) is 14.5 Å². The van der Waals surface area contributed by atoms with Gasteiger partial charge in [-0.2, -0.15) is 0 Å². The third kappa shape index (κ3) is 3.41. The molecule has 2 aliphatic heterocycles. The molecule has 3 atom stereocenters. The number of amidine groups is 1. The molecule has 5 rings (SSSR count). The Hall–Kier alpha value is -2.44. The van der Waals surface area contributed by atoms with Gasteiger partial charge < -0.3 is 14.2 Å². The van der Waals surface area contributed by atoms with Gasteiger partial charge >= 0.3 is 0 Å². The molecule has 0 radical (unpaired) electrons. The summed E-state index contributed by atoms with van der Waals surface area (Å²) in [4.78, 5) is 12.4. The Morgan fingerprint density at radius 1 is 1.19 bits per heavy atom. The summed E-state index contributed by atoms with van der Waals surface area (Å²) in [6.07, 6.45) is 2.96. The molecule has 0 amide bonds. The maximum atomic E-state index is 6.37. The number of methoxy groups -OCH3 is 1. The number of benzene rings is 1. The van der Waals surface area contributed by atoms with Gasteiger partial charge in [-0.1, -0.05) is 36.4 Å². The van der Waals surface area contributed by atoms with Crippen LogP contribution in [0.5, 0.6) is 5.75 Å². The largest absolute Gasteiger partial charge is 0.495 e. The van der Waals surface area contributed by atoms with Crippen molar-refractivity contribution in [2.75, 3.05) is 12.9 Å². The molecule has 166 valence electrons. The zero-order valence-electron chi connectivity index (χ0n) is 18.7. The summed E-state index contributed by atoms with van der Waals surface area (Å²) < 4.78 is 7.92. The number of pyridine rings is 1. The van der Waals surface area contributed by atoms with E-state index in [0.29, 0.717) is 11.1 Å². The van der Waals surface area contributed by atoms with Crippen LogP contribution in [0.4, 0.5) is 0 Å². The zero-order chi connectivity index (χ0) is 22.4. The van der Waals surface area contributed by atoms with E-state index < -0.39 is 0 Å². The van der Waals surface area contributed by atoms with Crippen LogP contribution in [0.1, 0.15) is 48.1 Å². The van der Waals surface area contributed by atoms with Crippen molar-refractivity contribution in [3.63, 3.8) is 0 Å². The van der Waals surface area contributed by atoms with Crippen molar-refractivity contribution < 1.29 is 4.74 Å². The first-order valence-electron chi connectivity index (χ1n) is 11.0.